The standard InChI is InChI=1S/C9H16F3NO2S/c1-16(14,15)8-4-2-3-7(5-8)13-6-9(10,11)12/h7-8,13H,2-6H2,1H3. The summed E-state index contributed by atoms with van der Waals surface area (Å²) in [5.74, 6) is 0. The maximum Gasteiger partial charge on any atom is 0.401 e. The first-order chi connectivity index (χ1) is 7.18. The van der Waals surface area contributed by atoms with Gasteiger partial charge in [0, 0.05) is 12.3 Å². The minimum absolute atomic E-state index is 0.287. The predicted octanol–water partition coefficient (Wildman–Crippen LogP) is 1.49. The van der Waals surface area contributed by atoms with E-state index in [1.165, 1.54) is 0 Å². The molecule has 0 radical (unpaired) electrons. The fourth-order valence-corrected chi connectivity index (χ4v) is 3.16. The number of rotatable bonds is 3. The van der Waals surface area contributed by atoms with E-state index in [0.717, 1.165) is 6.26 Å². The van der Waals surface area contributed by atoms with E-state index in [4.69, 9.17) is 0 Å². The first-order valence-electron chi connectivity index (χ1n) is 5.17. The lowest BCUT2D eigenvalue weighted by atomic mass is 9.95. The first-order valence-corrected chi connectivity index (χ1v) is 7.13. The number of hydrogen-bond donors (Lipinski definition) is 1. The van der Waals surface area contributed by atoms with Gasteiger partial charge in [0.25, 0.3) is 0 Å². The zero-order chi connectivity index (χ0) is 12.4. The lowest BCUT2D eigenvalue weighted by molar-refractivity contribution is -0.126. The van der Waals surface area contributed by atoms with Gasteiger partial charge in [-0.25, -0.2) is 8.42 Å². The average molecular weight is 259 g/mol. The molecule has 0 saturated heterocycles. The maximum atomic E-state index is 12.0. The maximum absolute atomic E-state index is 12.0. The van der Waals surface area contributed by atoms with Gasteiger partial charge in [-0.1, -0.05) is 6.42 Å². The van der Waals surface area contributed by atoms with Crippen molar-refractivity contribution in [2.75, 3.05) is 12.8 Å². The van der Waals surface area contributed by atoms with Crippen LogP contribution in [0.2, 0.25) is 0 Å². The van der Waals surface area contributed by atoms with Crippen molar-refractivity contribution in [1.82, 2.24) is 5.32 Å². The minimum atomic E-state index is -4.24. The van der Waals surface area contributed by atoms with Gasteiger partial charge in [0.15, 0.2) is 0 Å². The van der Waals surface area contributed by atoms with Crippen LogP contribution < -0.4 is 5.32 Å². The Hall–Kier alpha value is -0.300. The number of hydrogen-bond acceptors (Lipinski definition) is 3. The molecule has 0 heterocycles. The summed E-state index contributed by atoms with van der Waals surface area (Å²) in [5.41, 5.74) is 0. The van der Waals surface area contributed by atoms with Crippen molar-refractivity contribution in [1.29, 1.82) is 0 Å². The summed E-state index contributed by atoms with van der Waals surface area (Å²) in [4.78, 5) is 0. The van der Waals surface area contributed by atoms with Crippen molar-refractivity contribution < 1.29 is 21.6 Å². The Labute approximate surface area is 93.3 Å². The van der Waals surface area contributed by atoms with Crippen LogP contribution in [0.25, 0.3) is 0 Å². The van der Waals surface area contributed by atoms with Crippen molar-refractivity contribution >= 4 is 9.84 Å². The van der Waals surface area contributed by atoms with Gasteiger partial charge in [-0.05, 0) is 19.3 Å². The molecule has 1 rings (SSSR count). The lowest BCUT2D eigenvalue weighted by Crippen LogP contribution is -2.42. The highest BCUT2D eigenvalue weighted by Gasteiger charge is 2.32. The largest absolute Gasteiger partial charge is 0.401 e. The van der Waals surface area contributed by atoms with E-state index < -0.39 is 27.8 Å². The lowest BCUT2D eigenvalue weighted by Gasteiger charge is -2.29. The molecule has 0 aromatic heterocycles. The summed E-state index contributed by atoms with van der Waals surface area (Å²) in [6.07, 6.45) is -0.977. The Morgan fingerprint density at radius 3 is 2.44 bits per heavy atom. The summed E-state index contributed by atoms with van der Waals surface area (Å²) < 4.78 is 58.4. The predicted molar refractivity (Wildman–Crippen MR) is 54.9 cm³/mol. The van der Waals surface area contributed by atoms with Crippen LogP contribution >= 0.6 is 0 Å². The van der Waals surface area contributed by atoms with Crippen LogP contribution in [0, 0.1) is 0 Å². The van der Waals surface area contributed by atoms with Gasteiger partial charge < -0.3 is 5.32 Å². The summed E-state index contributed by atoms with van der Waals surface area (Å²) in [6.45, 7) is -1.05. The Bertz CT molecular complexity index is 326. The second kappa shape index (κ2) is 4.91. The van der Waals surface area contributed by atoms with Crippen molar-refractivity contribution in [3.63, 3.8) is 0 Å². The Morgan fingerprint density at radius 1 is 1.31 bits per heavy atom. The van der Waals surface area contributed by atoms with E-state index in [0.29, 0.717) is 19.3 Å². The van der Waals surface area contributed by atoms with Crippen LogP contribution in [0.15, 0.2) is 0 Å². The van der Waals surface area contributed by atoms with Crippen molar-refractivity contribution in [2.45, 2.75) is 43.2 Å². The molecule has 2 atom stereocenters. The zero-order valence-electron chi connectivity index (χ0n) is 9.05. The van der Waals surface area contributed by atoms with E-state index in [-0.39, 0.29) is 12.5 Å². The van der Waals surface area contributed by atoms with Gasteiger partial charge in [0.05, 0.1) is 11.8 Å². The zero-order valence-corrected chi connectivity index (χ0v) is 9.87. The molecule has 0 aromatic carbocycles. The molecule has 0 spiro atoms. The van der Waals surface area contributed by atoms with Gasteiger partial charge in [-0.2, -0.15) is 13.2 Å². The normalized spacial score (nSPS) is 28.0. The molecule has 96 valence electrons. The highest BCUT2D eigenvalue weighted by atomic mass is 32.2. The van der Waals surface area contributed by atoms with Gasteiger partial charge >= 0.3 is 6.18 Å². The molecule has 1 aliphatic carbocycles. The van der Waals surface area contributed by atoms with Crippen LogP contribution in [0.5, 0.6) is 0 Å². The SMILES string of the molecule is CS(=O)(=O)C1CCCC(NCC(F)(F)F)C1. The Morgan fingerprint density at radius 2 is 1.94 bits per heavy atom. The first kappa shape index (κ1) is 13.8. The van der Waals surface area contributed by atoms with E-state index in [2.05, 4.69) is 5.32 Å². The quantitative estimate of drug-likeness (QED) is 0.835. The third-order valence-electron chi connectivity index (χ3n) is 2.82. The second-order valence-electron chi connectivity index (χ2n) is 4.31. The number of nitrogens with one attached hydrogen (secondary N) is 1. The number of alkyl halides is 3. The van der Waals surface area contributed by atoms with Crippen molar-refractivity contribution in [3.8, 4) is 0 Å². The van der Waals surface area contributed by atoms with E-state index in [9.17, 15) is 21.6 Å². The molecule has 0 aromatic rings. The van der Waals surface area contributed by atoms with Crippen LogP contribution in [-0.2, 0) is 9.84 Å². The topological polar surface area (TPSA) is 46.2 Å². The van der Waals surface area contributed by atoms with E-state index in [1.807, 2.05) is 0 Å². The summed E-state index contributed by atoms with van der Waals surface area (Å²) in [7, 11) is -3.13. The molecule has 7 heteroatoms. The molecular weight excluding hydrogens is 243 g/mol. The summed E-state index contributed by atoms with van der Waals surface area (Å²) in [6, 6.07) is -0.338. The van der Waals surface area contributed by atoms with Crippen molar-refractivity contribution in [2.24, 2.45) is 0 Å². The van der Waals surface area contributed by atoms with Gasteiger partial charge in [-0.15, -0.1) is 0 Å². The fourth-order valence-electron chi connectivity index (χ4n) is 1.98. The van der Waals surface area contributed by atoms with Crippen molar-refractivity contribution in [3.05, 3.63) is 0 Å². The third kappa shape index (κ3) is 4.69. The van der Waals surface area contributed by atoms with Gasteiger partial charge in [0.2, 0.25) is 0 Å². The smallest absolute Gasteiger partial charge is 0.306 e. The van der Waals surface area contributed by atoms with Crippen LogP contribution in [0.4, 0.5) is 13.2 Å². The minimum Gasteiger partial charge on any atom is -0.306 e. The molecule has 0 amide bonds. The van der Waals surface area contributed by atoms with Gasteiger partial charge in [0.1, 0.15) is 9.84 Å². The highest BCUT2D eigenvalue weighted by Crippen LogP contribution is 2.24. The molecule has 0 bridgehead atoms. The van der Waals surface area contributed by atoms with E-state index in [1.54, 1.807) is 0 Å². The number of halogens is 3. The fraction of sp³-hybridized carbons (Fsp3) is 1.00. The molecule has 1 N–H and O–H groups in total. The van der Waals surface area contributed by atoms with Gasteiger partial charge in [-0.3, -0.25) is 0 Å². The molecule has 1 fully saturated rings. The Kier molecular flexibility index (Phi) is 4.23. The third-order valence-corrected chi connectivity index (χ3v) is 4.46. The van der Waals surface area contributed by atoms with Crippen LogP contribution in [-0.4, -0.2) is 38.7 Å². The molecule has 3 nitrogen and oxygen atoms in total. The van der Waals surface area contributed by atoms with Crippen LogP contribution in [0.1, 0.15) is 25.7 Å². The molecule has 0 aliphatic heterocycles. The molecule has 1 aliphatic rings. The summed E-state index contributed by atoms with van der Waals surface area (Å²) >= 11 is 0. The molecule has 16 heavy (non-hydrogen) atoms. The number of sulfone groups is 1. The molecule has 2 unspecified atom stereocenters. The summed E-state index contributed by atoms with van der Waals surface area (Å²) in [5, 5.41) is 1.88. The second-order valence-corrected chi connectivity index (χ2v) is 6.64. The Balaban J connectivity index is 2.46. The van der Waals surface area contributed by atoms with E-state index >= 15 is 0 Å². The monoisotopic (exact) mass is 259 g/mol. The average Bonchev–Trinajstić information content (AvgIpc) is 2.13. The molecule has 1 saturated carbocycles. The van der Waals surface area contributed by atoms with Crippen LogP contribution in [0.3, 0.4) is 0 Å². The molecular formula is C9H16F3NO2S. The highest BCUT2D eigenvalue weighted by molar-refractivity contribution is 7.91.